The van der Waals surface area contributed by atoms with Crippen molar-refractivity contribution in [1.82, 2.24) is 14.8 Å². The largest absolute Gasteiger partial charge is 0.250 e. The maximum atomic E-state index is 6.18. The summed E-state index contributed by atoms with van der Waals surface area (Å²) in [5.74, 6) is 1.10. The van der Waals surface area contributed by atoms with Crippen molar-refractivity contribution >= 4 is 11.6 Å². The lowest BCUT2D eigenvalue weighted by molar-refractivity contribution is 0.550. The molecule has 0 aromatic carbocycles. The molecule has 1 aromatic heterocycles. The van der Waals surface area contributed by atoms with Crippen molar-refractivity contribution in [2.45, 2.75) is 64.3 Å². The van der Waals surface area contributed by atoms with Crippen LogP contribution in [0.15, 0.2) is 6.33 Å². The Morgan fingerprint density at radius 1 is 1.31 bits per heavy atom. The lowest BCUT2D eigenvalue weighted by atomic mass is 10.1. The van der Waals surface area contributed by atoms with Crippen LogP contribution >= 0.6 is 11.6 Å². The zero-order valence-corrected chi connectivity index (χ0v) is 11.1. The summed E-state index contributed by atoms with van der Waals surface area (Å²) in [6.45, 7) is 5.29. The van der Waals surface area contributed by atoms with Gasteiger partial charge in [0.15, 0.2) is 0 Å². The van der Waals surface area contributed by atoms with E-state index in [0.717, 1.165) is 44.5 Å². The third-order valence-electron chi connectivity index (χ3n) is 2.65. The Morgan fingerprint density at radius 3 is 2.81 bits per heavy atom. The predicted molar refractivity (Wildman–Crippen MR) is 67.8 cm³/mol. The standard InChI is InChI=1S/C12H22ClN3/c1-3-6-11(13)7-5-8-12-14-10-15-16(12)9-4-2/h10-11H,3-9H2,1-2H3. The molecule has 0 aliphatic rings. The van der Waals surface area contributed by atoms with Gasteiger partial charge in [-0.3, -0.25) is 4.68 Å². The Hall–Kier alpha value is -0.570. The van der Waals surface area contributed by atoms with Gasteiger partial charge >= 0.3 is 0 Å². The highest BCUT2D eigenvalue weighted by atomic mass is 35.5. The topological polar surface area (TPSA) is 30.7 Å². The van der Waals surface area contributed by atoms with E-state index in [-0.39, 0.29) is 0 Å². The molecule has 1 rings (SSSR count). The van der Waals surface area contributed by atoms with Crippen LogP contribution in [0.5, 0.6) is 0 Å². The van der Waals surface area contributed by atoms with Crippen LogP contribution in [-0.4, -0.2) is 20.1 Å². The minimum absolute atomic E-state index is 0.326. The van der Waals surface area contributed by atoms with E-state index in [1.165, 1.54) is 6.42 Å². The molecule has 0 radical (unpaired) electrons. The summed E-state index contributed by atoms with van der Waals surface area (Å²) < 4.78 is 2.00. The second-order valence-corrected chi connectivity index (χ2v) is 4.79. The molecule has 92 valence electrons. The maximum absolute atomic E-state index is 6.18. The number of hydrogen-bond donors (Lipinski definition) is 0. The van der Waals surface area contributed by atoms with Gasteiger partial charge in [0, 0.05) is 18.3 Å². The molecule has 0 amide bonds. The zero-order chi connectivity index (χ0) is 11.8. The van der Waals surface area contributed by atoms with Crippen molar-refractivity contribution < 1.29 is 0 Å². The SMILES string of the molecule is CCCC(Cl)CCCc1ncnn1CCC. The highest BCUT2D eigenvalue weighted by Crippen LogP contribution is 2.13. The van der Waals surface area contributed by atoms with Crippen LogP contribution in [0.25, 0.3) is 0 Å². The first kappa shape index (κ1) is 13.5. The van der Waals surface area contributed by atoms with Crippen molar-refractivity contribution in [2.75, 3.05) is 0 Å². The van der Waals surface area contributed by atoms with Crippen molar-refractivity contribution in [1.29, 1.82) is 0 Å². The number of nitrogens with zero attached hydrogens (tertiary/aromatic N) is 3. The summed E-state index contributed by atoms with van der Waals surface area (Å²) in [7, 11) is 0. The van der Waals surface area contributed by atoms with Gasteiger partial charge in [-0.1, -0.05) is 20.3 Å². The first-order valence-electron chi connectivity index (χ1n) is 6.28. The first-order valence-corrected chi connectivity index (χ1v) is 6.72. The van der Waals surface area contributed by atoms with Gasteiger partial charge in [-0.15, -0.1) is 11.6 Å². The zero-order valence-electron chi connectivity index (χ0n) is 10.3. The number of aryl methyl sites for hydroxylation is 2. The summed E-state index contributed by atoms with van der Waals surface area (Å²) in [6, 6.07) is 0. The molecule has 16 heavy (non-hydrogen) atoms. The summed E-state index contributed by atoms with van der Waals surface area (Å²) >= 11 is 6.18. The second kappa shape index (κ2) is 7.66. The molecular weight excluding hydrogens is 222 g/mol. The van der Waals surface area contributed by atoms with Crippen molar-refractivity contribution in [3.05, 3.63) is 12.2 Å². The van der Waals surface area contributed by atoms with Crippen LogP contribution in [-0.2, 0) is 13.0 Å². The quantitative estimate of drug-likeness (QED) is 0.655. The van der Waals surface area contributed by atoms with Gasteiger partial charge < -0.3 is 0 Å². The van der Waals surface area contributed by atoms with Crippen LogP contribution in [0.2, 0.25) is 0 Å². The van der Waals surface area contributed by atoms with Crippen molar-refractivity contribution in [3.63, 3.8) is 0 Å². The highest BCUT2D eigenvalue weighted by molar-refractivity contribution is 6.20. The van der Waals surface area contributed by atoms with Crippen molar-refractivity contribution in [3.8, 4) is 0 Å². The monoisotopic (exact) mass is 243 g/mol. The number of halogens is 1. The van der Waals surface area contributed by atoms with E-state index in [1.54, 1.807) is 6.33 Å². The fourth-order valence-corrected chi connectivity index (χ4v) is 2.19. The highest BCUT2D eigenvalue weighted by Gasteiger charge is 2.06. The molecular formula is C12H22ClN3. The number of aromatic nitrogens is 3. The normalized spacial score (nSPS) is 12.9. The Bertz CT molecular complexity index is 286. The van der Waals surface area contributed by atoms with Crippen LogP contribution in [0.3, 0.4) is 0 Å². The Labute approximate surface area is 103 Å². The van der Waals surface area contributed by atoms with E-state index < -0.39 is 0 Å². The fraction of sp³-hybridized carbons (Fsp3) is 0.833. The summed E-state index contributed by atoms with van der Waals surface area (Å²) in [5, 5.41) is 4.54. The Morgan fingerprint density at radius 2 is 2.12 bits per heavy atom. The van der Waals surface area contributed by atoms with E-state index in [2.05, 4.69) is 23.9 Å². The van der Waals surface area contributed by atoms with Gasteiger partial charge in [0.2, 0.25) is 0 Å². The molecule has 1 aromatic rings. The van der Waals surface area contributed by atoms with Crippen LogP contribution in [0.1, 0.15) is 51.8 Å². The summed E-state index contributed by atoms with van der Waals surface area (Å²) in [5.41, 5.74) is 0. The van der Waals surface area contributed by atoms with E-state index >= 15 is 0 Å². The molecule has 0 spiro atoms. The fourth-order valence-electron chi connectivity index (χ4n) is 1.82. The lowest BCUT2D eigenvalue weighted by Gasteiger charge is -2.08. The molecule has 0 aliphatic heterocycles. The molecule has 0 saturated heterocycles. The molecule has 0 saturated carbocycles. The third kappa shape index (κ3) is 4.52. The molecule has 1 heterocycles. The van der Waals surface area contributed by atoms with Gasteiger partial charge in [0.25, 0.3) is 0 Å². The molecule has 1 unspecified atom stereocenters. The molecule has 0 fully saturated rings. The Kier molecular flexibility index (Phi) is 6.46. The van der Waals surface area contributed by atoms with E-state index in [4.69, 9.17) is 11.6 Å². The average molecular weight is 244 g/mol. The molecule has 4 heteroatoms. The van der Waals surface area contributed by atoms with Crippen molar-refractivity contribution in [2.24, 2.45) is 0 Å². The second-order valence-electron chi connectivity index (χ2n) is 4.18. The smallest absolute Gasteiger partial charge is 0.138 e. The molecule has 1 atom stereocenters. The summed E-state index contributed by atoms with van der Waals surface area (Å²) in [6.07, 6.45) is 8.21. The first-order chi connectivity index (χ1) is 7.77. The number of hydrogen-bond acceptors (Lipinski definition) is 2. The van der Waals surface area contributed by atoms with Crippen LogP contribution in [0, 0.1) is 0 Å². The van der Waals surface area contributed by atoms with Gasteiger partial charge in [-0.05, 0) is 25.7 Å². The van der Waals surface area contributed by atoms with Gasteiger partial charge in [-0.2, -0.15) is 5.10 Å². The number of alkyl halides is 1. The van der Waals surface area contributed by atoms with E-state index in [1.807, 2.05) is 4.68 Å². The molecule has 3 nitrogen and oxygen atoms in total. The molecule has 0 N–H and O–H groups in total. The summed E-state index contributed by atoms with van der Waals surface area (Å²) in [4.78, 5) is 4.29. The molecule has 0 aliphatic carbocycles. The van der Waals surface area contributed by atoms with Gasteiger partial charge in [-0.25, -0.2) is 4.98 Å². The van der Waals surface area contributed by atoms with Gasteiger partial charge in [0.1, 0.15) is 12.2 Å². The maximum Gasteiger partial charge on any atom is 0.138 e. The number of rotatable bonds is 8. The Balaban J connectivity index is 2.28. The average Bonchev–Trinajstić information content (AvgIpc) is 2.67. The van der Waals surface area contributed by atoms with Crippen LogP contribution in [0.4, 0.5) is 0 Å². The lowest BCUT2D eigenvalue weighted by Crippen LogP contribution is -2.06. The molecule has 0 bridgehead atoms. The predicted octanol–water partition coefficient (Wildman–Crippen LogP) is 3.42. The van der Waals surface area contributed by atoms with E-state index in [9.17, 15) is 0 Å². The van der Waals surface area contributed by atoms with Crippen LogP contribution < -0.4 is 0 Å². The van der Waals surface area contributed by atoms with Gasteiger partial charge in [0.05, 0.1) is 0 Å². The third-order valence-corrected chi connectivity index (χ3v) is 3.09. The minimum Gasteiger partial charge on any atom is -0.250 e. The minimum atomic E-state index is 0.326. The van der Waals surface area contributed by atoms with E-state index in [0.29, 0.717) is 5.38 Å².